The molecule has 4 nitrogen and oxygen atoms in total. The maximum absolute atomic E-state index is 12.1. The predicted molar refractivity (Wildman–Crippen MR) is 91.2 cm³/mol. The van der Waals surface area contributed by atoms with E-state index in [0.29, 0.717) is 15.6 Å². The molecule has 0 atom stereocenters. The van der Waals surface area contributed by atoms with Crippen LogP contribution in [0.4, 0.5) is 0 Å². The molecule has 0 aliphatic carbocycles. The van der Waals surface area contributed by atoms with Gasteiger partial charge in [-0.25, -0.2) is 9.67 Å². The summed E-state index contributed by atoms with van der Waals surface area (Å²) in [6.07, 6.45) is 6.33. The topological polar surface area (TPSA) is 47.8 Å². The van der Waals surface area contributed by atoms with Gasteiger partial charge in [0, 0.05) is 15.6 Å². The number of benzene rings is 2. The Morgan fingerprint density at radius 3 is 2.35 bits per heavy atom. The van der Waals surface area contributed by atoms with Gasteiger partial charge in [-0.15, -0.1) is 0 Å². The van der Waals surface area contributed by atoms with Crippen LogP contribution in [0.15, 0.2) is 61.2 Å². The van der Waals surface area contributed by atoms with Crippen LogP contribution in [0, 0.1) is 0 Å². The van der Waals surface area contributed by atoms with Crippen LogP contribution in [0.3, 0.4) is 0 Å². The number of carbonyl (C=O) groups is 1. The summed E-state index contributed by atoms with van der Waals surface area (Å²) in [5, 5.41) is 4.93. The minimum atomic E-state index is -0.158. The molecule has 0 unspecified atom stereocenters. The van der Waals surface area contributed by atoms with E-state index in [1.165, 1.54) is 12.4 Å². The van der Waals surface area contributed by atoms with Gasteiger partial charge >= 0.3 is 0 Å². The van der Waals surface area contributed by atoms with E-state index >= 15 is 0 Å². The molecule has 0 N–H and O–H groups in total. The van der Waals surface area contributed by atoms with Crippen LogP contribution in [0.1, 0.15) is 15.9 Å². The van der Waals surface area contributed by atoms with Crippen molar-refractivity contribution in [3.8, 4) is 5.69 Å². The van der Waals surface area contributed by atoms with Crippen molar-refractivity contribution < 1.29 is 4.79 Å². The van der Waals surface area contributed by atoms with Gasteiger partial charge in [0.1, 0.15) is 12.7 Å². The third-order valence-corrected chi connectivity index (χ3v) is 3.59. The van der Waals surface area contributed by atoms with E-state index in [2.05, 4.69) is 10.1 Å². The maximum Gasteiger partial charge on any atom is 0.185 e. The van der Waals surface area contributed by atoms with Crippen LogP contribution in [0.2, 0.25) is 10.0 Å². The molecule has 0 aliphatic heterocycles. The lowest BCUT2D eigenvalue weighted by Crippen LogP contribution is -1.95. The Bertz CT molecular complexity index is 836. The van der Waals surface area contributed by atoms with Gasteiger partial charge in [-0.1, -0.05) is 41.4 Å². The second-order valence-corrected chi connectivity index (χ2v) is 5.66. The van der Waals surface area contributed by atoms with Crippen LogP contribution < -0.4 is 0 Å². The summed E-state index contributed by atoms with van der Waals surface area (Å²) in [6.45, 7) is 0. The summed E-state index contributed by atoms with van der Waals surface area (Å²) >= 11 is 11.8. The molecule has 0 fully saturated rings. The zero-order valence-corrected chi connectivity index (χ0v) is 13.4. The van der Waals surface area contributed by atoms with Crippen molar-refractivity contribution in [2.75, 3.05) is 0 Å². The van der Waals surface area contributed by atoms with Gasteiger partial charge < -0.3 is 0 Å². The average Bonchev–Trinajstić information content (AvgIpc) is 3.06. The molecule has 1 aromatic heterocycles. The largest absolute Gasteiger partial charge is 0.289 e. The molecule has 23 heavy (non-hydrogen) atoms. The number of hydrogen-bond donors (Lipinski definition) is 0. The van der Waals surface area contributed by atoms with Crippen LogP contribution in [-0.4, -0.2) is 20.5 Å². The first-order valence-corrected chi connectivity index (χ1v) is 7.51. The number of allylic oxidation sites excluding steroid dienone is 1. The molecule has 0 saturated heterocycles. The van der Waals surface area contributed by atoms with Gasteiger partial charge in [0.25, 0.3) is 0 Å². The Morgan fingerprint density at radius 2 is 1.74 bits per heavy atom. The summed E-state index contributed by atoms with van der Waals surface area (Å²) in [4.78, 5) is 16.0. The summed E-state index contributed by atoms with van der Waals surface area (Å²) in [7, 11) is 0. The Kier molecular flexibility index (Phi) is 4.55. The lowest BCUT2D eigenvalue weighted by Gasteiger charge is -2.01. The van der Waals surface area contributed by atoms with E-state index in [-0.39, 0.29) is 5.78 Å². The highest BCUT2D eigenvalue weighted by Crippen LogP contribution is 2.20. The smallest absolute Gasteiger partial charge is 0.185 e. The average molecular weight is 344 g/mol. The number of ketones is 1. The minimum Gasteiger partial charge on any atom is -0.289 e. The first-order chi connectivity index (χ1) is 11.1. The van der Waals surface area contributed by atoms with Crippen molar-refractivity contribution in [1.82, 2.24) is 14.8 Å². The van der Waals surface area contributed by atoms with E-state index in [4.69, 9.17) is 23.2 Å². The van der Waals surface area contributed by atoms with Crippen molar-refractivity contribution >= 4 is 35.1 Å². The van der Waals surface area contributed by atoms with Crippen LogP contribution in [0.25, 0.3) is 11.8 Å². The maximum atomic E-state index is 12.1. The quantitative estimate of drug-likeness (QED) is 0.518. The molecule has 0 bridgehead atoms. The number of rotatable bonds is 4. The Hall–Kier alpha value is -2.43. The van der Waals surface area contributed by atoms with Gasteiger partial charge in [-0.2, -0.15) is 5.10 Å². The lowest BCUT2D eigenvalue weighted by atomic mass is 10.1. The van der Waals surface area contributed by atoms with E-state index in [1.54, 1.807) is 35.3 Å². The van der Waals surface area contributed by atoms with Gasteiger partial charge in [-0.3, -0.25) is 4.79 Å². The monoisotopic (exact) mass is 343 g/mol. The summed E-state index contributed by atoms with van der Waals surface area (Å²) in [5.41, 5.74) is 2.25. The lowest BCUT2D eigenvalue weighted by molar-refractivity contribution is 0.104. The highest BCUT2D eigenvalue weighted by Gasteiger charge is 2.05. The molecule has 0 amide bonds. The molecule has 1 heterocycles. The van der Waals surface area contributed by atoms with Crippen LogP contribution >= 0.6 is 23.2 Å². The van der Waals surface area contributed by atoms with Gasteiger partial charge in [-0.05, 0) is 42.0 Å². The highest BCUT2D eigenvalue weighted by molar-refractivity contribution is 6.35. The van der Waals surface area contributed by atoms with Crippen LogP contribution in [0.5, 0.6) is 0 Å². The van der Waals surface area contributed by atoms with Crippen molar-refractivity contribution in [3.05, 3.63) is 82.4 Å². The zero-order valence-electron chi connectivity index (χ0n) is 11.9. The molecule has 0 saturated carbocycles. The zero-order chi connectivity index (χ0) is 16.2. The standard InChI is InChI=1S/C17H11Cl2N3O/c18-14-7-13(8-15(19)9-14)17(23)6-3-12-1-4-16(5-2-12)22-11-20-10-21-22/h1-11H. The normalized spacial score (nSPS) is 11.0. The van der Waals surface area contributed by atoms with Gasteiger partial charge in [0.05, 0.1) is 5.69 Å². The molecule has 0 radical (unpaired) electrons. The van der Waals surface area contributed by atoms with Crippen molar-refractivity contribution in [3.63, 3.8) is 0 Å². The Morgan fingerprint density at radius 1 is 1.04 bits per heavy atom. The number of aromatic nitrogens is 3. The molecule has 0 spiro atoms. The fourth-order valence-corrected chi connectivity index (χ4v) is 2.57. The number of nitrogens with zero attached hydrogens (tertiary/aromatic N) is 3. The number of hydrogen-bond acceptors (Lipinski definition) is 3. The van der Waals surface area contributed by atoms with Gasteiger partial charge in [0.15, 0.2) is 5.78 Å². The number of carbonyl (C=O) groups excluding carboxylic acids is 1. The number of halogens is 2. The molecule has 6 heteroatoms. The molecule has 2 aromatic carbocycles. The van der Waals surface area contributed by atoms with E-state index < -0.39 is 0 Å². The fraction of sp³-hybridized carbons (Fsp3) is 0. The molecule has 3 aromatic rings. The second kappa shape index (κ2) is 6.77. The van der Waals surface area contributed by atoms with E-state index in [1.807, 2.05) is 24.3 Å². The molecule has 114 valence electrons. The first kappa shape index (κ1) is 15.5. The third-order valence-electron chi connectivity index (χ3n) is 3.15. The van der Waals surface area contributed by atoms with Gasteiger partial charge in [0.2, 0.25) is 0 Å². The fourth-order valence-electron chi connectivity index (χ4n) is 2.04. The first-order valence-electron chi connectivity index (χ1n) is 6.75. The summed E-state index contributed by atoms with van der Waals surface area (Å²) in [5.74, 6) is -0.158. The highest BCUT2D eigenvalue weighted by atomic mass is 35.5. The summed E-state index contributed by atoms with van der Waals surface area (Å²) < 4.78 is 1.66. The molecular formula is C17H11Cl2N3O. The van der Waals surface area contributed by atoms with Crippen molar-refractivity contribution in [1.29, 1.82) is 0 Å². The van der Waals surface area contributed by atoms with Crippen LogP contribution in [-0.2, 0) is 0 Å². The molecule has 3 rings (SSSR count). The SMILES string of the molecule is O=C(C=Cc1ccc(-n2cncn2)cc1)c1cc(Cl)cc(Cl)c1. The Balaban J connectivity index is 1.75. The minimum absolute atomic E-state index is 0.158. The summed E-state index contributed by atoms with van der Waals surface area (Å²) in [6, 6.07) is 12.4. The molecular weight excluding hydrogens is 333 g/mol. The molecule has 0 aliphatic rings. The predicted octanol–water partition coefficient (Wildman–Crippen LogP) is 4.47. The third kappa shape index (κ3) is 3.86. The second-order valence-electron chi connectivity index (χ2n) is 4.79. The van der Waals surface area contributed by atoms with E-state index in [9.17, 15) is 4.79 Å². The van der Waals surface area contributed by atoms with Crippen molar-refractivity contribution in [2.24, 2.45) is 0 Å². The van der Waals surface area contributed by atoms with Crippen molar-refractivity contribution in [2.45, 2.75) is 0 Å². The Labute approximate surface area is 143 Å². The van der Waals surface area contributed by atoms with E-state index in [0.717, 1.165) is 11.3 Å².